The average molecular weight is 122 g/mol. The van der Waals surface area contributed by atoms with Crippen molar-refractivity contribution in [1.29, 1.82) is 0 Å². The summed E-state index contributed by atoms with van der Waals surface area (Å²) in [6.45, 7) is -2.23. The highest BCUT2D eigenvalue weighted by Crippen LogP contribution is 1.94. The van der Waals surface area contributed by atoms with Crippen LogP contribution >= 0.6 is 0 Å². The normalized spacial score (nSPS) is 16.0. The van der Waals surface area contributed by atoms with Crippen LogP contribution in [0.15, 0.2) is 0 Å². The third-order valence-electron chi connectivity index (χ3n) is 0.784. The Hall–Kier alpha value is -0.120. The molecular weight excluding hydrogens is 108 g/mol. The Morgan fingerprint density at radius 1 is 1.62 bits per heavy atom. The predicted octanol–water partition coefficient (Wildman–Crippen LogP) is -0.0123. The van der Waals surface area contributed by atoms with E-state index in [2.05, 4.69) is 9.47 Å². The molecule has 0 aliphatic carbocycles. The Bertz CT molecular complexity index is 87.4. The van der Waals surface area contributed by atoms with Crippen LogP contribution in [0.3, 0.4) is 0 Å². The molecule has 0 radical (unpaired) electrons. The minimum atomic E-state index is -2.23. The van der Waals surface area contributed by atoms with E-state index in [0.717, 1.165) is 0 Å². The van der Waals surface area contributed by atoms with Crippen LogP contribution in [0.2, 0.25) is 0 Å². The first-order valence-corrected chi connectivity index (χ1v) is 2.27. The maximum atomic E-state index is 8.62. The van der Waals surface area contributed by atoms with E-state index in [0.29, 0.717) is 0 Å². The van der Waals surface area contributed by atoms with Gasteiger partial charge in [-0.15, -0.1) is 0 Å². The van der Waals surface area contributed by atoms with Crippen LogP contribution in [-0.2, 0) is 9.47 Å². The minimum absolute atomic E-state index is 0.181. The number of rotatable bonds is 4. The van der Waals surface area contributed by atoms with Crippen LogP contribution < -0.4 is 0 Å². The van der Waals surface area contributed by atoms with Gasteiger partial charge in [0.15, 0.2) is 6.29 Å². The van der Waals surface area contributed by atoms with Gasteiger partial charge in [-0.2, -0.15) is 0 Å². The molecule has 0 amide bonds. The molecule has 50 valence electrons. The Morgan fingerprint density at radius 3 is 2.25 bits per heavy atom. The van der Waals surface area contributed by atoms with Crippen molar-refractivity contribution in [2.75, 3.05) is 20.8 Å². The van der Waals surface area contributed by atoms with E-state index >= 15 is 0 Å². The molecule has 0 bridgehead atoms. The number of methoxy groups -OCH3 is 2. The fourth-order valence-electron chi connectivity index (χ4n) is 0.337. The monoisotopic (exact) mass is 122 g/mol. The second-order valence-electron chi connectivity index (χ2n) is 1.26. The topological polar surface area (TPSA) is 38.7 Å². The van der Waals surface area contributed by atoms with Gasteiger partial charge in [0.2, 0.25) is 0 Å². The molecule has 1 N–H and O–H groups in total. The molecule has 0 heterocycles. The average Bonchev–Trinajstić information content (AvgIpc) is 1.81. The molecule has 0 aromatic heterocycles. The van der Waals surface area contributed by atoms with Gasteiger partial charge in [0.1, 0.15) is 0 Å². The second-order valence-corrected chi connectivity index (χ2v) is 1.26. The molecule has 8 heavy (non-hydrogen) atoms. The van der Waals surface area contributed by atoms with Crippen molar-refractivity contribution in [3.63, 3.8) is 0 Å². The highest BCUT2D eigenvalue weighted by molar-refractivity contribution is 4.38. The van der Waals surface area contributed by atoms with Crippen molar-refractivity contribution in [3.8, 4) is 0 Å². The molecular formula is C5H12O3. The van der Waals surface area contributed by atoms with Gasteiger partial charge in [0.05, 0.1) is 2.74 Å². The van der Waals surface area contributed by atoms with Crippen molar-refractivity contribution in [3.05, 3.63) is 0 Å². The lowest BCUT2D eigenvalue weighted by atomic mass is 10.4. The van der Waals surface area contributed by atoms with E-state index in [1.807, 2.05) is 0 Å². The summed E-state index contributed by atoms with van der Waals surface area (Å²) in [6, 6.07) is 0. The van der Waals surface area contributed by atoms with Crippen molar-refractivity contribution in [2.45, 2.75) is 12.7 Å². The van der Waals surface area contributed by atoms with Crippen LogP contribution in [0.25, 0.3) is 0 Å². The predicted molar refractivity (Wildman–Crippen MR) is 29.5 cm³/mol. The van der Waals surface area contributed by atoms with E-state index in [1.165, 1.54) is 14.2 Å². The van der Waals surface area contributed by atoms with Gasteiger partial charge in [0.25, 0.3) is 0 Å². The first kappa shape index (κ1) is 4.73. The number of ether oxygens (including phenoxy) is 2. The zero-order valence-electron chi connectivity index (χ0n) is 7.05. The number of aliphatic hydroxyl groups is 1. The van der Waals surface area contributed by atoms with Gasteiger partial charge in [0, 0.05) is 27.2 Å². The van der Waals surface area contributed by atoms with Gasteiger partial charge < -0.3 is 14.6 Å². The zero-order valence-corrected chi connectivity index (χ0v) is 5.05. The van der Waals surface area contributed by atoms with Gasteiger partial charge in [-0.05, 0) is 0 Å². The zero-order chi connectivity index (χ0) is 8.20. The maximum Gasteiger partial charge on any atom is 0.159 e. The maximum absolute atomic E-state index is 8.62. The SMILES string of the molecule is [2H]C([2H])(O)CC(OC)OC. The lowest BCUT2D eigenvalue weighted by Gasteiger charge is -2.09. The summed E-state index contributed by atoms with van der Waals surface area (Å²) >= 11 is 0. The summed E-state index contributed by atoms with van der Waals surface area (Å²) in [6.07, 6.45) is -0.861. The van der Waals surface area contributed by atoms with E-state index < -0.39 is 12.8 Å². The molecule has 0 aromatic carbocycles. The number of hydrogen-bond acceptors (Lipinski definition) is 3. The first-order valence-electron chi connectivity index (χ1n) is 3.27. The minimum Gasteiger partial charge on any atom is -0.396 e. The Balaban J connectivity index is 3.63. The van der Waals surface area contributed by atoms with Crippen molar-refractivity contribution < 1.29 is 17.3 Å². The van der Waals surface area contributed by atoms with Crippen LogP contribution in [-0.4, -0.2) is 32.2 Å². The van der Waals surface area contributed by atoms with Crippen molar-refractivity contribution in [2.24, 2.45) is 0 Å². The summed E-state index contributed by atoms with van der Waals surface area (Å²) < 4.78 is 22.8. The molecule has 0 aliphatic heterocycles. The van der Waals surface area contributed by atoms with E-state index in [1.54, 1.807) is 0 Å². The highest BCUT2D eigenvalue weighted by Gasteiger charge is 2.00. The molecule has 0 spiro atoms. The molecule has 0 aromatic rings. The van der Waals surface area contributed by atoms with E-state index in [4.69, 9.17) is 7.85 Å². The van der Waals surface area contributed by atoms with Crippen molar-refractivity contribution >= 4 is 0 Å². The molecule has 3 heteroatoms. The van der Waals surface area contributed by atoms with Gasteiger partial charge in [-0.25, -0.2) is 0 Å². The Kier molecular flexibility index (Phi) is 2.97. The van der Waals surface area contributed by atoms with E-state index in [9.17, 15) is 0 Å². The molecule has 0 saturated carbocycles. The fourth-order valence-corrected chi connectivity index (χ4v) is 0.337. The summed E-state index contributed by atoms with van der Waals surface area (Å²) in [4.78, 5) is 0. The van der Waals surface area contributed by atoms with Gasteiger partial charge in [-0.3, -0.25) is 0 Å². The third-order valence-corrected chi connectivity index (χ3v) is 0.784. The van der Waals surface area contributed by atoms with E-state index in [-0.39, 0.29) is 6.42 Å². The summed E-state index contributed by atoms with van der Waals surface area (Å²) in [5, 5.41) is 8.62. The summed E-state index contributed by atoms with van der Waals surface area (Å²) in [5.41, 5.74) is 0. The molecule has 3 nitrogen and oxygen atoms in total. The largest absolute Gasteiger partial charge is 0.396 e. The molecule has 0 unspecified atom stereocenters. The van der Waals surface area contributed by atoms with Crippen molar-refractivity contribution in [1.82, 2.24) is 0 Å². The summed E-state index contributed by atoms with van der Waals surface area (Å²) in [7, 11) is 2.78. The molecule has 0 rings (SSSR count). The standard InChI is InChI=1S/C5H12O3/c1-7-5(8-2)3-4-6/h5-6H,3-4H2,1-2H3/i4D2. The van der Waals surface area contributed by atoms with Crippen LogP contribution in [0.1, 0.15) is 9.16 Å². The molecule has 0 atom stereocenters. The van der Waals surface area contributed by atoms with Gasteiger partial charge >= 0.3 is 0 Å². The third kappa shape index (κ3) is 2.96. The number of hydrogen-bond donors (Lipinski definition) is 1. The van der Waals surface area contributed by atoms with Crippen LogP contribution in [0.5, 0.6) is 0 Å². The molecule has 0 saturated heterocycles. The Labute approximate surface area is 52.0 Å². The van der Waals surface area contributed by atoms with Gasteiger partial charge in [-0.1, -0.05) is 0 Å². The van der Waals surface area contributed by atoms with Crippen LogP contribution in [0, 0.1) is 0 Å². The smallest absolute Gasteiger partial charge is 0.159 e. The quantitative estimate of drug-likeness (QED) is 0.533. The summed E-state index contributed by atoms with van der Waals surface area (Å²) in [5.74, 6) is 0. The highest BCUT2D eigenvalue weighted by atomic mass is 16.7. The molecule has 0 aliphatic rings. The Morgan fingerprint density at radius 2 is 2.12 bits per heavy atom. The van der Waals surface area contributed by atoms with Crippen LogP contribution in [0.4, 0.5) is 0 Å². The molecule has 0 fully saturated rings. The lowest BCUT2D eigenvalue weighted by Crippen LogP contribution is -2.13. The fraction of sp³-hybridized carbons (Fsp3) is 1.00. The first-order chi connectivity index (χ1) is 4.49. The second kappa shape index (κ2) is 5.03. The lowest BCUT2D eigenvalue weighted by molar-refractivity contribution is -0.111.